The summed E-state index contributed by atoms with van der Waals surface area (Å²) in [5.41, 5.74) is 3.24. The van der Waals surface area contributed by atoms with Gasteiger partial charge in [0.05, 0.1) is 23.6 Å². The number of fused-ring (bicyclic) bond motifs is 2. The zero-order valence-corrected chi connectivity index (χ0v) is 16.4. The highest BCUT2D eigenvalue weighted by Gasteiger charge is 2.27. The van der Waals surface area contributed by atoms with E-state index in [1.807, 2.05) is 30.3 Å². The third kappa shape index (κ3) is 4.14. The van der Waals surface area contributed by atoms with Crippen LogP contribution in [-0.2, 0) is 22.4 Å². The van der Waals surface area contributed by atoms with Gasteiger partial charge in [0.1, 0.15) is 0 Å². The van der Waals surface area contributed by atoms with Crippen molar-refractivity contribution in [1.29, 1.82) is 5.26 Å². The Labute approximate surface area is 165 Å². The number of aromatic nitrogens is 1. The number of aryl methyl sites for hydroxylation is 1. The minimum atomic E-state index is -0.912. The van der Waals surface area contributed by atoms with Gasteiger partial charge in [-0.1, -0.05) is 24.6 Å². The van der Waals surface area contributed by atoms with Crippen LogP contribution in [0.15, 0.2) is 24.3 Å². The molecule has 6 nitrogen and oxygen atoms in total. The minimum absolute atomic E-state index is 0.241. The Bertz CT molecular complexity index is 933. The van der Waals surface area contributed by atoms with E-state index in [-0.39, 0.29) is 12.3 Å². The van der Waals surface area contributed by atoms with E-state index >= 15 is 0 Å². The Morgan fingerprint density at radius 3 is 2.79 bits per heavy atom. The van der Waals surface area contributed by atoms with Gasteiger partial charge < -0.3 is 9.64 Å². The molecule has 0 aliphatic heterocycles. The van der Waals surface area contributed by atoms with E-state index < -0.39 is 12.1 Å². The third-order valence-corrected chi connectivity index (χ3v) is 5.19. The fraction of sp³-hybridized carbons (Fsp3) is 0.455. The summed E-state index contributed by atoms with van der Waals surface area (Å²) in [7, 11) is 1.61. The van der Waals surface area contributed by atoms with Gasteiger partial charge in [-0.05, 0) is 44.2 Å². The molecule has 28 heavy (non-hydrogen) atoms. The van der Waals surface area contributed by atoms with Crippen molar-refractivity contribution < 1.29 is 14.3 Å². The van der Waals surface area contributed by atoms with Gasteiger partial charge in [0.15, 0.2) is 6.10 Å². The second-order valence-corrected chi connectivity index (χ2v) is 7.21. The molecule has 1 aliphatic carbocycles. The number of amides is 1. The Hall–Kier alpha value is -2.94. The number of likely N-dealkylation sites (N-methyl/N-ethyl adjacent to an activating group) is 1. The standard InChI is InChI=1S/C22H25N3O3/c1-15(21(26)25(2)14-8-13-23)28-22(27)20-16-9-4-3-5-11-18(16)24-19-12-7-6-10-17(19)20/h6-7,10,12,15H,3-5,8-9,11,14H2,1-2H3/t15-/m1/s1. The van der Waals surface area contributed by atoms with Crippen molar-refractivity contribution in [2.24, 2.45) is 0 Å². The van der Waals surface area contributed by atoms with Crippen molar-refractivity contribution in [3.05, 3.63) is 41.1 Å². The average Bonchev–Trinajstić information content (AvgIpc) is 2.94. The minimum Gasteiger partial charge on any atom is -0.449 e. The van der Waals surface area contributed by atoms with Gasteiger partial charge in [-0.25, -0.2) is 4.79 Å². The number of carbonyl (C=O) groups is 2. The Balaban J connectivity index is 1.92. The maximum atomic E-state index is 13.1. The zero-order chi connectivity index (χ0) is 20.1. The lowest BCUT2D eigenvalue weighted by molar-refractivity contribution is -0.138. The average molecular weight is 379 g/mol. The molecule has 0 saturated carbocycles. The number of pyridine rings is 1. The predicted octanol–water partition coefficient (Wildman–Crippen LogP) is 3.42. The monoisotopic (exact) mass is 379 g/mol. The first-order chi connectivity index (χ1) is 13.5. The first kappa shape index (κ1) is 19.8. The predicted molar refractivity (Wildman–Crippen MR) is 106 cm³/mol. The second-order valence-electron chi connectivity index (χ2n) is 7.21. The van der Waals surface area contributed by atoms with Crippen LogP contribution in [0, 0.1) is 11.3 Å². The molecule has 146 valence electrons. The summed E-state index contributed by atoms with van der Waals surface area (Å²) in [4.78, 5) is 31.8. The lowest BCUT2D eigenvalue weighted by atomic mass is 9.97. The van der Waals surface area contributed by atoms with E-state index in [2.05, 4.69) is 0 Å². The highest BCUT2D eigenvalue weighted by molar-refractivity contribution is 6.05. The number of carbonyl (C=O) groups excluding carboxylic acids is 2. The van der Waals surface area contributed by atoms with Gasteiger partial charge in [-0.15, -0.1) is 0 Å². The summed E-state index contributed by atoms with van der Waals surface area (Å²) in [6, 6.07) is 9.59. The van der Waals surface area contributed by atoms with E-state index in [0.29, 0.717) is 12.1 Å². The Morgan fingerprint density at radius 1 is 1.25 bits per heavy atom. The van der Waals surface area contributed by atoms with Crippen molar-refractivity contribution >= 4 is 22.8 Å². The van der Waals surface area contributed by atoms with E-state index in [4.69, 9.17) is 15.0 Å². The quantitative estimate of drug-likeness (QED) is 0.587. The maximum Gasteiger partial charge on any atom is 0.339 e. The van der Waals surface area contributed by atoms with Crippen LogP contribution < -0.4 is 0 Å². The molecule has 1 atom stereocenters. The lowest BCUT2D eigenvalue weighted by Gasteiger charge is -2.21. The first-order valence-electron chi connectivity index (χ1n) is 9.76. The summed E-state index contributed by atoms with van der Waals surface area (Å²) in [5, 5.41) is 9.46. The number of nitriles is 1. The number of hydrogen-bond donors (Lipinski definition) is 0. The maximum absolute atomic E-state index is 13.1. The normalized spacial score (nSPS) is 14.5. The van der Waals surface area contributed by atoms with Crippen molar-refractivity contribution in [1.82, 2.24) is 9.88 Å². The summed E-state index contributed by atoms with van der Waals surface area (Å²) >= 11 is 0. The highest BCUT2D eigenvalue weighted by Crippen LogP contribution is 2.29. The lowest BCUT2D eigenvalue weighted by Crippen LogP contribution is -2.38. The van der Waals surface area contributed by atoms with Crippen LogP contribution in [0.1, 0.15) is 54.2 Å². The molecule has 0 bridgehead atoms. The fourth-order valence-corrected chi connectivity index (χ4v) is 3.69. The van der Waals surface area contributed by atoms with E-state index in [0.717, 1.165) is 54.3 Å². The van der Waals surface area contributed by atoms with Crippen molar-refractivity contribution in [3.63, 3.8) is 0 Å². The molecule has 1 heterocycles. The number of nitrogens with zero attached hydrogens (tertiary/aromatic N) is 3. The van der Waals surface area contributed by atoms with Crippen LogP contribution in [0.5, 0.6) is 0 Å². The molecule has 0 spiro atoms. The van der Waals surface area contributed by atoms with E-state index in [9.17, 15) is 9.59 Å². The molecule has 1 amide bonds. The van der Waals surface area contributed by atoms with Gasteiger partial charge in [0, 0.05) is 24.7 Å². The van der Waals surface area contributed by atoms with Crippen LogP contribution in [-0.4, -0.2) is 41.5 Å². The summed E-state index contributed by atoms with van der Waals surface area (Å²) in [5.74, 6) is -0.792. The molecule has 3 rings (SSSR count). The molecular formula is C22H25N3O3. The highest BCUT2D eigenvalue weighted by atomic mass is 16.5. The molecule has 1 aromatic heterocycles. The number of esters is 1. The molecule has 6 heteroatoms. The van der Waals surface area contributed by atoms with Crippen LogP contribution in [0.25, 0.3) is 10.9 Å². The largest absolute Gasteiger partial charge is 0.449 e. The smallest absolute Gasteiger partial charge is 0.339 e. The zero-order valence-electron chi connectivity index (χ0n) is 16.4. The van der Waals surface area contributed by atoms with Gasteiger partial charge in [0.25, 0.3) is 5.91 Å². The molecule has 1 aliphatic rings. The van der Waals surface area contributed by atoms with Gasteiger partial charge in [0.2, 0.25) is 0 Å². The molecule has 2 aromatic rings. The van der Waals surface area contributed by atoms with E-state index in [1.165, 1.54) is 4.90 Å². The SMILES string of the molecule is C[C@@H](OC(=O)c1c2c(nc3ccccc13)CCCCC2)C(=O)N(C)CCC#N. The summed E-state index contributed by atoms with van der Waals surface area (Å²) in [6.07, 6.45) is 4.16. The van der Waals surface area contributed by atoms with Crippen molar-refractivity contribution in [2.75, 3.05) is 13.6 Å². The number of benzene rings is 1. The molecule has 0 saturated heterocycles. The molecule has 0 fully saturated rings. The molecule has 1 aromatic carbocycles. The summed E-state index contributed by atoms with van der Waals surface area (Å²) < 4.78 is 5.57. The van der Waals surface area contributed by atoms with Crippen LogP contribution in [0.2, 0.25) is 0 Å². The topological polar surface area (TPSA) is 83.3 Å². The van der Waals surface area contributed by atoms with E-state index in [1.54, 1.807) is 14.0 Å². The number of hydrogen-bond acceptors (Lipinski definition) is 5. The van der Waals surface area contributed by atoms with Gasteiger partial charge >= 0.3 is 5.97 Å². The molecule has 0 radical (unpaired) electrons. The van der Waals surface area contributed by atoms with Crippen molar-refractivity contribution in [2.45, 2.75) is 51.6 Å². The summed E-state index contributed by atoms with van der Waals surface area (Å²) in [6.45, 7) is 1.88. The number of rotatable bonds is 5. The van der Waals surface area contributed by atoms with Crippen molar-refractivity contribution in [3.8, 4) is 6.07 Å². The third-order valence-electron chi connectivity index (χ3n) is 5.19. The molecule has 0 unspecified atom stereocenters. The number of para-hydroxylation sites is 1. The molecular weight excluding hydrogens is 354 g/mol. The Morgan fingerprint density at radius 2 is 2.00 bits per heavy atom. The Kier molecular flexibility index (Phi) is 6.25. The number of ether oxygens (including phenoxy) is 1. The first-order valence-corrected chi connectivity index (χ1v) is 9.76. The molecule has 0 N–H and O–H groups in total. The van der Waals surface area contributed by atoms with Gasteiger partial charge in [-0.3, -0.25) is 9.78 Å². The second kappa shape index (κ2) is 8.83. The van der Waals surface area contributed by atoms with Crippen LogP contribution in [0.4, 0.5) is 0 Å². The van der Waals surface area contributed by atoms with Crippen LogP contribution in [0.3, 0.4) is 0 Å². The van der Waals surface area contributed by atoms with Gasteiger partial charge in [-0.2, -0.15) is 5.26 Å². The fourth-order valence-electron chi connectivity index (χ4n) is 3.69. The van der Waals surface area contributed by atoms with Crippen LogP contribution >= 0.6 is 0 Å².